The van der Waals surface area contributed by atoms with Crippen LogP contribution in [0.2, 0.25) is 18.1 Å². The first-order chi connectivity index (χ1) is 5.18. The van der Waals surface area contributed by atoms with Gasteiger partial charge in [0.15, 0.2) is 0 Å². The van der Waals surface area contributed by atoms with Gasteiger partial charge in [0.2, 0.25) is 0 Å². The van der Waals surface area contributed by atoms with Crippen molar-refractivity contribution in [3.8, 4) is 0 Å². The third kappa shape index (κ3) is 5.45. The van der Waals surface area contributed by atoms with E-state index in [1.54, 1.807) is 18.1 Å². The van der Waals surface area contributed by atoms with Gasteiger partial charge in [0.05, 0.1) is 0 Å². The number of hydrogen-bond acceptors (Lipinski definition) is 0. The minimum absolute atomic E-state index is 0.611. The Kier molecular flexibility index (Phi) is 7.44. The van der Waals surface area contributed by atoms with Gasteiger partial charge in [-0.05, 0) is 0 Å². The van der Waals surface area contributed by atoms with E-state index in [2.05, 4.69) is 20.8 Å². The van der Waals surface area contributed by atoms with E-state index in [1.165, 1.54) is 46.3 Å². The van der Waals surface area contributed by atoms with Crippen molar-refractivity contribution in [3.63, 3.8) is 0 Å². The quantitative estimate of drug-likeness (QED) is 0.550. The maximum absolute atomic E-state index is 2.35. The summed E-state index contributed by atoms with van der Waals surface area (Å²) in [6.45, 7) is 7.06. The normalized spacial score (nSPS) is 12.1. The van der Waals surface area contributed by atoms with Crippen LogP contribution in [-0.2, 0) is 0 Å². The molecule has 0 saturated heterocycles. The molecule has 0 spiro atoms. The fraction of sp³-hybridized carbons (Fsp3) is 1.00. The van der Waals surface area contributed by atoms with Crippen LogP contribution in [0.5, 0.6) is 0 Å². The van der Waals surface area contributed by atoms with Gasteiger partial charge in [0.1, 0.15) is 0 Å². The Morgan fingerprint density at radius 3 is 1.27 bits per heavy atom. The Bertz CT molecular complexity index is 76.5. The topological polar surface area (TPSA) is 0 Å². The van der Waals surface area contributed by atoms with Gasteiger partial charge < -0.3 is 0 Å². The summed E-state index contributed by atoms with van der Waals surface area (Å²) in [6.07, 6.45) is 4.32. The Balaban J connectivity index is 3.79. The zero-order valence-corrected chi connectivity index (χ0v) is 11.7. The molecule has 0 atom stereocenters. The van der Waals surface area contributed by atoms with Gasteiger partial charge in [-0.25, -0.2) is 0 Å². The summed E-state index contributed by atoms with van der Waals surface area (Å²) in [7, 11) is 0. The zero-order valence-electron chi connectivity index (χ0n) is 8.74. The van der Waals surface area contributed by atoms with E-state index in [4.69, 9.17) is 0 Å². The first kappa shape index (κ1) is 12.2. The second-order valence-electron chi connectivity index (χ2n) is 4.06. The van der Waals surface area contributed by atoms with E-state index < -0.39 is 4.63 Å². The van der Waals surface area contributed by atoms with E-state index in [0.29, 0.717) is 0 Å². The third-order valence-electron chi connectivity index (χ3n) is 2.56. The molecule has 0 heterocycles. The molecule has 0 unspecified atom stereocenters. The van der Waals surface area contributed by atoms with Gasteiger partial charge >= 0.3 is 89.8 Å². The molecule has 0 aromatic rings. The van der Waals surface area contributed by atoms with Crippen LogP contribution in [0, 0.1) is 0 Å². The summed E-state index contributed by atoms with van der Waals surface area (Å²) in [5.74, 6) is 0. The average Bonchev–Trinajstić information content (AvgIpc) is 1.88. The fourth-order valence-electron chi connectivity index (χ4n) is 2.19. The van der Waals surface area contributed by atoms with Crippen LogP contribution in [0.15, 0.2) is 0 Å². The van der Waals surface area contributed by atoms with Crippen LogP contribution < -0.4 is 0 Å². The molecule has 2 heteroatoms. The van der Waals surface area contributed by atoms with Crippen molar-refractivity contribution >= 4 is 31.7 Å². The molecule has 0 radical (unpaired) electrons. The summed E-state index contributed by atoms with van der Waals surface area (Å²) in [4.78, 5) is 0. The Morgan fingerprint density at radius 1 is 0.818 bits per heavy atom. The SMILES string of the molecule is CCC[Si]([Na])(CCC)CCC. The Hall–Kier alpha value is 1.22. The molecule has 0 aromatic carbocycles. The summed E-state index contributed by atoms with van der Waals surface area (Å²) in [6, 6.07) is 4.84. The first-order valence-corrected chi connectivity index (χ1v) is 11.3. The minimum atomic E-state index is -0.611. The van der Waals surface area contributed by atoms with Crippen molar-refractivity contribution in [2.45, 2.75) is 58.2 Å². The monoisotopic (exact) mass is 180 g/mol. The molecule has 0 N–H and O–H groups in total. The standard InChI is InChI=1S/C9H21Si.Na/c1-4-7-10(8-5-2)9-6-3;/h4-9H2,1-3H3;. The van der Waals surface area contributed by atoms with Gasteiger partial charge in [0, 0.05) is 0 Å². The van der Waals surface area contributed by atoms with Crippen molar-refractivity contribution < 1.29 is 0 Å². The predicted octanol–water partition coefficient (Wildman–Crippen LogP) is 3.33. The van der Waals surface area contributed by atoms with Gasteiger partial charge in [-0.1, -0.05) is 0 Å². The molecule has 0 nitrogen and oxygen atoms in total. The van der Waals surface area contributed by atoms with Crippen LogP contribution in [0.4, 0.5) is 0 Å². The van der Waals surface area contributed by atoms with Crippen LogP contribution in [0.25, 0.3) is 0 Å². The van der Waals surface area contributed by atoms with Crippen LogP contribution >= 0.6 is 0 Å². The van der Waals surface area contributed by atoms with Gasteiger partial charge in [-0.15, -0.1) is 0 Å². The molecular formula is C9H21NaSi. The molecule has 0 aliphatic rings. The number of rotatable bonds is 6. The summed E-state index contributed by atoms with van der Waals surface area (Å²) >= 11 is 1.54. The second-order valence-corrected chi connectivity index (χ2v) is 15.5. The first-order valence-electron chi connectivity index (χ1n) is 5.18. The molecule has 0 aliphatic carbocycles. The van der Waals surface area contributed by atoms with Crippen molar-refractivity contribution in [1.82, 2.24) is 0 Å². The fourth-order valence-corrected chi connectivity index (χ4v) is 11.1. The molecular weight excluding hydrogens is 159 g/mol. The van der Waals surface area contributed by atoms with Gasteiger partial charge in [-0.2, -0.15) is 0 Å². The molecule has 62 valence electrons. The van der Waals surface area contributed by atoms with E-state index in [1.807, 2.05) is 0 Å². The van der Waals surface area contributed by atoms with Crippen molar-refractivity contribution in [2.24, 2.45) is 0 Å². The van der Waals surface area contributed by atoms with Crippen molar-refractivity contribution in [3.05, 3.63) is 0 Å². The van der Waals surface area contributed by atoms with Crippen molar-refractivity contribution in [1.29, 1.82) is 0 Å². The van der Waals surface area contributed by atoms with E-state index in [0.717, 1.165) is 0 Å². The van der Waals surface area contributed by atoms with E-state index in [-0.39, 0.29) is 0 Å². The molecule has 0 aromatic heterocycles. The zero-order chi connectivity index (χ0) is 8.74. The van der Waals surface area contributed by atoms with Gasteiger partial charge in [-0.3, -0.25) is 0 Å². The van der Waals surface area contributed by atoms with Crippen LogP contribution in [0.1, 0.15) is 40.0 Å². The summed E-state index contributed by atoms with van der Waals surface area (Å²) in [5, 5.41) is 0. The molecule has 0 aliphatic heterocycles. The van der Waals surface area contributed by atoms with Gasteiger partial charge in [0.25, 0.3) is 0 Å². The van der Waals surface area contributed by atoms with E-state index >= 15 is 0 Å². The van der Waals surface area contributed by atoms with Crippen LogP contribution in [-0.4, -0.2) is 31.7 Å². The summed E-state index contributed by atoms with van der Waals surface area (Å²) < 4.78 is -0.611. The third-order valence-corrected chi connectivity index (χ3v) is 12.2. The molecule has 0 amide bonds. The number of hydrogen-bond donors (Lipinski definition) is 0. The Morgan fingerprint density at radius 2 is 1.09 bits per heavy atom. The molecule has 0 bridgehead atoms. The van der Waals surface area contributed by atoms with Crippen molar-refractivity contribution in [2.75, 3.05) is 0 Å². The molecule has 11 heavy (non-hydrogen) atoms. The second kappa shape index (κ2) is 6.70. The Labute approximate surface area is 89.4 Å². The molecule has 0 fully saturated rings. The molecule has 0 saturated carbocycles. The predicted molar refractivity (Wildman–Crippen MR) is 56.8 cm³/mol. The summed E-state index contributed by atoms with van der Waals surface area (Å²) in [5.41, 5.74) is 0. The van der Waals surface area contributed by atoms with Crippen LogP contribution in [0.3, 0.4) is 0 Å². The average molecular weight is 180 g/mol. The maximum atomic E-state index is 2.35. The molecule has 0 rings (SSSR count). The van der Waals surface area contributed by atoms with E-state index in [9.17, 15) is 0 Å².